The normalized spacial score (nSPS) is 13.1. The Bertz CT molecular complexity index is 1690. The number of benzene rings is 3. The molecule has 196 valence electrons. The first-order valence-corrected chi connectivity index (χ1v) is 13.9. The number of fused-ring (bicyclic) bond motifs is 2. The standard InChI is InChI=1S/C26H23N3O7S2/c1-3-34-24(30)15-29-20-13-21-22(36-16-35-21)14-23(20)37-26(29)27-25(31)17-9-11-19(12-10-17)38(32,33)28(2)18-7-5-4-6-8-18/h4-14H,3,15-16H2,1-2H3. The Balaban J connectivity index is 1.48. The quantitative estimate of drug-likeness (QED) is 0.321. The maximum absolute atomic E-state index is 13.1. The summed E-state index contributed by atoms with van der Waals surface area (Å²) in [6.45, 7) is 1.88. The van der Waals surface area contributed by atoms with Gasteiger partial charge in [-0.2, -0.15) is 4.99 Å². The van der Waals surface area contributed by atoms with Crippen LogP contribution in [0.1, 0.15) is 17.3 Å². The van der Waals surface area contributed by atoms with Crippen molar-refractivity contribution in [2.45, 2.75) is 18.4 Å². The second kappa shape index (κ2) is 10.3. The van der Waals surface area contributed by atoms with Gasteiger partial charge < -0.3 is 18.8 Å². The maximum atomic E-state index is 13.1. The van der Waals surface area contributed by atoms with Crippen LogP contribution in [0.4, 0.5) is 5.69 Å². The van der Waals surface area contributed by atoms with Gasteiger partial charge in [-0.3, -0.25) is 13.9 Å². The van der Waals surface area contributed by atoms with Crippen molar-refractivity contribution in [3.05, 3.63) is 77.1 Å². The Morgan fingerprint density at radius 3 is 2.42 bits per heavy atom. The lowest BCUT2D eigenvalue weighted by atomic mass is 10.2. The van der Waals surface area contributed by atoms with Gasteiger partial charge in [-0.15, -0.1) is 0 Å². The van der Waals surface area contributed by atoms with E-state index in [1.165, 1.54) is 47.0 Å². The minimum atomic E-state index is -3.83. The zero-order valence-corrected chi connectivity index (χ0v) is 22.1. The number of amides is 1. The number of hydrogen-bond donors (Lipinski definition) is 0. The number of anilines is 1. The van der Waals surface area contributed by atoms with E-state index in [9.17, 15) is 18.0 Å². The Labute approximate surface area is 222 Å². The molecule has 0 N–H and O–H groups in total. The molecule has 0 aliphatic carbocycles. The van der Waals surface area contributed by atoms with Crippen molar-refractivity contribution >= 4 is 49.1 Å². The van der Waals surface area contributed by atoms with Gasteiger partial charge in [-0.05, 0) is 43.3 Å². The topological polar surface area (TPSA) is 117 Å². The zero-order chi connectivity index (χ0) is 26.9. The van der Waals surface area contributed by atoms with Crippen molar-refractivity contribution in [2.24, 2.45) is 4.99 Å². The highest BCUT2D eigenvalue weighted by Crippen LogP contribution is 2.37. The highest BCUT2D eigenvalue weighted by molar-refractivity contribution is 7.92. The summed E-state index contributed by atoms with van der Waals surface area (Å²) in [4.78, 5) is 29.9. The molecule has 1 amide bonds. The van der Waals surface area contributed by atoms with Gasteiger partial charge in [0.15, 0.2) is 16.3 Å². The molecule has 2 heterocycles. The second-order valence-electron chi connectivity index (χ2n) is 8.20. The Hall–Kier alpha value is -4.16. The molecule has 38 heavy (non-hydrogen) atoms. The van der Waals surface area contributed by atoms with Crippen molar-refractivity contribution < 1.29 is 32.2 Å². The number of sulfonamides is 1. The van der Waals surface area contributed by atoms with Crippen LogP contribution in [0.25, 0.3) is 10.2 Å². The Morgan fingerprint density at radius 1 is 1.05 bits per heavy atom. The van der Waals surface area contributed by atoms with Gasteiger partial charge in [-0.1, -0.05) is 29.5 Å². The third-order valence-electron chi connectivity index (χ3n) is 5.85. The molecule has 3 aromatic carbocycles. The summed E-state index contributed by atoms with van der Waals surface area (Å²) in [5.41, 5.74) is 1.35. The number of esters is 1. The van der Waals surface area contributed by atoms with Gasteiger partial charge in [0.05, 0.1) is 27.4 Å². The molecule has 0 atom stereocenters. The molecule has 0 fully saturated rings. The number of thiazole rings is 1. The van der Waals surface area contributed by atoms with Crippen LogP contribution >= 0.6 is 11.3 Å². The number of hydrogen-bond acceptors (Lipinski definition) is 8. The summed E-state index contributed by atoms with van der Waals surface area (Å²) in [6.07, 6.45) is 0. The number of carbonyl (C=O) groups excluding carboxylic acids is 2. The SMILES string of the molecule is CCOC(=O)Cn1c(=NC(=O)c2ccc(S(=O)(=O)N(C)c3ccccc3)cc2)sc2cc3c(cc21)OCO3. The molecule has 0 unspecified atom stereocenters. The molecule has 0 saturated carbocycles. The molecule has 0 radical (unpaired) electrons. The van der Waals surface area contributed by atoms with Gasteiger partial charge in [0.2, 0.25) is 6.79 Å². The second-order valence-corrected chi connectivity index (χ2v) is 11.2. The Kier molecular flexibility index (Phi) is 6.91. The number of nitrogens with zero attached hydrogens (tertiary/aromatic N) is 3. The van der Waals surface area contributed by atoms with E-state index in [0.29, 0.717) is 22.7 Å². The first kappa shape index (κ1) is 25.5. The summed E-state index contributed by atoms with van der Waals surface area (Å²) in [6, 6.07) is 17.8. The highest BCUT2D eigenvalue weighted by Gasteiger charge is 2.22. The van der Waals surface area contributed by atoms with Crippen molar-refractivity contribution in [3.63, 3.8) is 0 Å². The minimum Gasteiger partial charge on any atom is -0.465 e. The monoisotopic (exact) mass is 553 g/mol. The van der Waals surface area contributed by atoms with Gasteiger partial charge in [0, 0.05) is 24.7 Å². The smallest absolute Gasteiger partial charge is 0.326 e. The van der Waals surface area contributed by atoms with Crippen LogP contribution in [0, 0.1) is 0 Å². The van der Waals surface area contributed by atoms with E-state index in [4.69, 9.17) is 14.2 Å². The summed E-state index contributed by atoms with van der Waals surface area (Å²) in [5, 5.41) is 0. The number of para-hydroxylation sites is 1. The van der Waals surface area contributed by atoms with E-state index in [1.807, 2.05) is 0 Å². The number of carbonyl (C=O) groups is 2. The molecule has 0 bridgehead atoms. The van der Waals surface area contributed by atoms with Crippen molar-refractivity contribution in [1.82, 2.24) is 4.57 Å². The van der Waals surface area contributed by atoms with Crippen LogP contribution in [0.15, 0.2) is 76.6 Å². The van der Waals surface area contributed by atoms with Crippen molar-refractivity contribution in [1.29, 1.82) is 0 Å². The summed E-state index contributed by atoms with van der Waals surface area (Å²) in [7, 11) is -2.36. The zero-order valence-electron chi connectivity index (χ0n) is 20.5. The van der Waals surface area contributed by atoms with Crippen LogP contribution in [-0.2, 0) is 26.1 Å². The van der Waals surface area contributed by atoms with Crippen molar-refractivity contribution in [2.75, 3.05) is 24.8 Å². The molecule has 12 heteroatoms. The van der Waals surface area contributed by atoms with Crippen molar-refractivity contribution in [3.8, 4) is 11.5 Å². The molecule has 1 aliphatic heterocycles. The average Bonchev–Trinajstić information content (AvgIpc) is 3.51. The molecule has 10 nitrogen and oxygen atoms in total. The van der Waals surface area contributed by atoms with Crippen LogP contribution < -0.4 is 18.6 Å². The van der Waals surface area contributed by atoms with E-state index < -0.39 is 21.9 Å². The van der Waals surface area contributed by atoms with Crippen LogP contribution in [-0.4, -0.2) is 45.3 Å². The van der Waals surface area contributed by atoms with Gasteiger partial charge in [0.1, 0.15) is 6.54 Å². The highest BCUT2D eigenvalue weighted by atomic mass is 32.2. The molecule has 0 saturated heterocycles. The first-order valence-electron chi connectivity index (χ1n) is 11.6. The van der Waals surface area contributed by atoms with Gasteiger partial charge in [-0.25, -0.2) is 8.42 Å². The lowest BCUT2D eigenvalue weighted by Gasteiger charge is -2.19. The van der Waals surface area contributed by atoms with Crippen LogP contribution in [0.3, 0.4) is 0 Å². The predicted molar refractivity (Wildman–Crippen MR) is 141 cm³/mol. The molecule has 0 spiro atoms. The van der Waals surface area contributed by atoms with E-state index in [0.717, 1.165) is 4.70 Å². The molecular weight excluding hydrogens is 530 g/mol. The third-order valence-corrected chi connectivity index (χ3v) is 8.69. The van der Waals surface area contributed by atoms with Crippen LogP contribution in [0.5, 0.6) is 11.5 Å². The van der Waals surface area contributed by atoms with Crippen LogP contribution in [0.2, 0.25) is 0 Å². The maximum Gasteiger partial charge on any atom is 0.326 e. The molecular formula is C26H23N3O7S2. The first-order chi connectivity index (χ1) is 18.3. The van der Waals surface area contributed by atoms with Gasteiger partial charge in [0.25, 0.3) is 15.9 Å². The lowest BCUT2D eigenvalue weighted by Crippen LogP contribution is -2.26. The number of ether oxygens (including phenoxy) is 3. The number of rotatable bonds is 7. The van der Waals surface area contributed by atoms with E-state index in [-0.39, 0.29) is 35.2 Å². The molecule has 1 aromatic heterocycles. The lowest BCUT2D eigenvalue weighted by molar-refractivity contribution is -0.143. The average molecular weight is 554 g/mol. The van der Waals surface area contributed by atoms with Gasteiger partial charge >= 0.3 is 5.97 Å². The summed E-state index contributed by atoms with van der Waals surface area (Å²) in [5.74, 6) is 0.0330. The Morgan fingerprint density at radius 2 is 1.74 bits per heavy atom. The molecule has 4 aromatic rings. The third kappa shape index (κ3) is 4.87. The fraction of sp³-hybridized carbons (Fsp3) is 0.192. The summed E-state index contributed by atoms with van der Waals surface area (Å²) >= 11 is 1.21. The van der Waals surface area contributed by atoms with E-state index in [1.54, 1.807) is 54.0 Å². The number of aromatic nitrogens is 1. The molecule has 1 aliphatic rings. The van der Waals surface area contributed by atoms with E-state index >= 15 is 0 Å². The molecule has 5 rings (SSSR count). The summed E-state index contributed by atoms with van der Waals surface area (Å²) < 4.78 is 45.6. The largest absolute Gasteiger partial charge is 0.465 e. The predicted octanol–water partition coefficient (Wildman–Crippen LogP) is 3.56. The fourth-order valence-electron chi connectivity index (χ4n) is 3.89. The minimum absolute atomic E-state index is 0.0363. The van der Waals surface area contributed by atoms with E-state index in [2.05, 4.69) is 4.99 Å². The fourth-order valence-corrected chi connectivity index (χ4v) is 6.12.